The van der Waals surface area contributed by atoms with E-state index in [1.54, 1.807) is 42.5 Å². The Morgan fingerprint density at radius 2 is 1.56 bits per heavy atom. The van der Waals surface area contributed by atoms with E-state index >= 15 is 0 Å². The van der Waals surface area contributed by atoms with Crippen LogP contribution in [-0.2, 0) is 0 Å². The predicted molar refractivity (Wildman–Crippen MR) is 103 cm³/mol. The van der Waals surface area contributed by atoms with Crippen LogP contribution < -0.4 is 5.32 Å². The van der Waals surface area contributed by atoms with Crippen LogP contribution in [0.3, 0.4) is 0 Å². The first-order chi connectivity index (χ1) is 12.8. The van der Waals surface area contributed by atoms with Crippen LogP contribution in [0, 0.1) is 12.8 Å². The van der Waals surface area contributed by atoms with Crippen molar-refractivity contribution in [2.75, 3.05) is 6.54 Å². The van der Waals surface area contributed by atoms with Gasteiger partial charge >= 0.3 is 6.09 Å². The van der Waals surface area contributed by atoms with Gasteiger partial charge in [0.05, 0.1) is 6.04 Å². The minimum atomic E-state index is -1.34. The summed E-state index contributed by atoms with van der Waals surface area (Å²) in [6.45, 7) is 5.60. The third-order valence-corrected chi connectivity index (χ3v) is 4.33. The number of imide groups is 1. The quantitative estimate of drug-likeness (QED) is 0.816. The Bertz CT molecular complexity index is 801. The summed E-state index contributed by atoms with van der Waals surface area (Å²) in [4.78, 5) is 37.7. The summed E-state index contributed by atoms with van der Waals surface area (Å²) in [5.41, 5.74) is 1.81. The predicted octanol–water partition coefficient (Wildman–Crippen LogP) is 3.57. The zero-order valence-corrected chi connectivity index (χ0v) is 15.7. The van der Waals surface area contributed by atoms with Gasteiger partial charge in [-0.2, -0.15) is 0 Å². The molecule has 0 aliphatic rings. The van der Waals surface area contributed by atoms with Gasteiger partial charge in [0.2, 0.25) is 0 Å². The summed E-state index contributed by atoms with van der Waals surface area (Å²) in [7, 11) is 0. The molecule has 27 heavy (non-hydrogen) atoms. The summed E-state index contributed by atoms with van der Waals surface area (Å²) in [6.07, 6.45) is -1.34. The molecule has 142 valence electrons. The van der Waals surface area contributed by atoms with E-state index in [-0.39, 0.29) is 23.9 Å². The molecule has 0 aliphatic carbocycles. The minimum Gasteiger partial charge on any atom is -0.465 e. The van der Waals surface area contributed by atoms with Gasteiger partial charge in [-0.05, 0) is 37.1 Å². The maximum atomic E-state index is 12.7. The van der Waals surface area contributed by atoms with Gasteiger partial charge in [0, 0.05) is 17.7 Å². The first-order valence-corrected chi connectivity index (χ1v) is 8.77. The highest BCUT2D eigenvalue weighted by Crippen LogP contribution is 2.15. The summed E-state index contributed by atoms with van der Waals surface area (Å²) in [6, 6.07) is 14.6. The van der Waals surface area contributed by atoms with Crippen molar-refractivity contribution < 1.29 is 19.5 Å². The van der Waals surface area contributed by atoms with Gasteiger partial charge in [-0.15, -0.1) is 0 Å². The van der Waals surface area contributed by atoms with Crippen molar-refractivity contribution in [1.82, 2.24) is 10.2 Å². The number of benzene rings is 2. The lowest BCUT2D eigenvalue weighted by molar-refractivity contribution is 0.0604. The van der Waals surface area contributed by atoms with Crippen LogP contribution in [0.25, 0.3) is 0 Å². The second-order valence-electron chi connectivity index (χ2n) is 6.71. The maximum Gasteiger partial charge on any atom is 0.414 e. The first kappa shape index (κ1) is 20.2. The molecule has 2 aromatic carbocycles. The van der Waals surface area contributed by atoms with Crippen LogP contribution >= 0.6 is 0 Å². The molecular weight excluding hydrogens is 344 g/mol. The Morgan fingerprint density at radius 3 is 2.07 bits per heavy atom. The number of hydrogen-bond acceptors (Lipinski definition) is 3. The molecule has 0 saturated carbocycles. The van der Waals surface area contributed by atoms with E-state index in [0.717, 1.165) is 10.5 Å². The Hall–Kier alpha value is -3.15. The van der Waals surface area contributed by atoms with E-state index in [1.165, 1.54) is 0 Å². The molecule has 0 aromatic heterocycles. The average Bonchev–Trinajstić information content (AvgIpc) is 2.65. The molecule has 6 nitrogen and oxygen atoms in total. The van der Waals surface area contributed by atoms with Crippen LogP contribution in [0.2, 0.25) is 0 Å². The van der Waals surface area contributed by atoms with Crippen LogP contribution in [-0.4, -0.2) is 40.5 Å². The highest BCUT2D eigenvalue weighted by atomic mass is 16.4. The van der Waals surface area contributed by atoms with Gasteiger partial charge in [0.25, 0.3) is 11.8 Å². The third kappa shape index (κ3) is 5.17. The van der Waals surface area contributed by atoms with Crippen LogP contribution in [0.5, 0.6) is 0 Å². The molecule has 0 fully saturated rings. The SMILES string of the molecule is Cc1ccc(C(=O)NC[C@H](C(C)C)N(C(=O)O)C(=O)c2ccccc2)cc1. The summed E-state index contributed by atoms with van der Waals surface area (Å²) >= 11 is 0. The number of carbonyl (C=O) groups excluding carboxylic acids is 2. The molecule has 0 bridgehead atoms. The molecule has 2 N–H and O–H groups in total. The molecule has 3 amide bonds. The van der Waals surface area contributed by atoms with Crippen LogP contribution in [0.4, 0.5) is 4.79 Å². The fourth-order valence-corrected chi connectivity index (χ4v) is 2.73. The van der Waals surface area contributed by atoms with E-state index in [4.69, 9.17) is 0 Å². The van der Waals surface area contributed by atoms with Gasteiger partial charge in [0.15, 0.2) is 0 Å². The molecule has 2 aromatic rings. The van der Waals surface area contributed by atoms with Crippen molar-refractivity contribution in [2.24, 2.45) is 5.92 Å². The summed E-state index contributed by atoms with van der Waals surface area (Å²) < 4.78 is 0. The first-order valence-electron chi connectivity index (χ1n) is 8.77. The Kier molecular flexibility index (Phi) is 6.71. The molecule has 6 heteroatoms. The maximum absolute atomic E-state index is 12.7. The molecule has 2 rings (SSSR count). The van der Waals surface area contributed by atoms with E-state index in [0.29, 0.717) is 5.56 Å². The monoisotopic (exact) mass is 368 g/mol. The number of carbonyl (C=O) groups is 3. The minimum absolute atomic E-state index is 0.0370. The normalized spacial score (nSPS) is 11.7. The Labute approximate surface area is 158 Å². The molecule has 0 aliphatic heterocycles. The molecule has 0 unspecified atom stereocenters. The Balaban J connectivity index is 2.17. The van der Waals surface area contributed by atoms with Crippen molar-refractivity contribution in [3.8, 4) is 0 Å². The highest BCUT2D eigenvalue weighted by molar-refractivity contribution is 6.03. The molecule has 0 radical (unpaired) electrons. The standard InChI is InChI=1S/C21H24N2O4/c1-14(2)18(13-22-19(24)16-11-9-15(3)10-12-16)23(21(26)27)20(25)17-7-5-4-6-8-17/h4-12,14,18H,13H2,1-3H3,(H,22,24)(H,26,27)/t18-/m1/s1. The van der Waals surface area contributed by atoms with Gasteiger partial charge in [-0.1, -0.05) is 49.7 Å². The van der Waals surface area contributed by atoms with Gasteiger partial charge < -0.3 is 10.4 Å². The van der Waals surface area contributed by atoms with Crippen molar-refractivity contribution in [3.63, 3.8) is 0 Å². The molecule has 0 heterocycles. The number of rotatable bonds is 6. The number of amides is 3. The third-order valence-electron chi connectivity index (χ3n) is 4.33. The van der Waals surface area contributed by atoms with Gasteiger partial charge in [-0.25, -0.2) is 9.69 Å². The van der Waals surface area contributed by atoms with Gasteiger partial charge in [-0.3, -0.25) is 9.59 Å². The van der Waals surface area contributed by atoms with E-state index < -0.39 is 18.0 Å². The summed E-state index contributed by atoms with van der Waals surface area (Å²) in [5, 5.41) is 12.4. The Morgan fingerprint density at radius 1 is 0.963 bits per heavy atom. The second kappa shape index (κ2) is 8.98. The topological polar surface area (TPSA) is 86.7 Å². The zero-order chi connectivity index (χ0) is 20.0. The zero-order valence-electron chi connectivity index (χ0n) is 15.7. The fraction of sp³-hybridized carbons (Fsp3) is 0.286. The number of aryl methyl sites for hydroxylation is 1. The smallest absolute Gasteiger partial charge is 0.414 e. The summed E-state index contributed by atoms with van der Waals surface area (Å²) in [5.74, 6) is -1.09. The molecule has 0 spiro atoms. The lowest BCUT2D eigenvalue weighted by Crippen LogP contribution is -2.52. The number of hydrogen-bond donors (Lipinski definition) is 2. The van der Waals surface area contributed by atoms with Crippen molar-refractivity contribution in [2.45, 2.75) is 26.8 Å². The molecule has 0 saturated heterocycles. The van der Waals surface area contributed by atoms with Crippen LogP contribution in [0.15, 0.2) is 54.6 Å². The average molecular weight is 368 g/mol. The van der Waals surface area contributed by atoms with Gasteiger partial charge in [0.1, 0.15) is 0 Å². The molecule has 1 atom stereocenters. The van der Waals surface area contributed by atoms with E-state index in [9.17, 15) is 19.5 Å². The lowest BCUT2D eigenvalue weighted by Gasteiger charge is -2.31. The van der Waals surface area contributed by atoms with Crippen molar-refractivity contribution in [3.05, 3.63) is 71.3 Å². The van der Waals surface area contributed by atoms with Crippen LogP contribution in [0.1, 0.15) is 40.1 Å². The largest absolute Gasteiger partial charge is 0.465 e. The number of nitrogens with zero attached hydrogens (tertiary/aromatic N) is 1. The second-order valence-corrected chi connectivity index (χ2v) is 6.71. The van der Waals surface area contributed by atoms with Crippen molar-refractivity contribution >= 4 is 17.9 Å². The van der Waals surface area contributed by atoms with E-state index in [2.05, 4.69) is 5.32 Å². The number of nitrogens with one attached hydrogen (secondary N) is 1. The van der Waals surface area contributed by atoms with E-state index in [1.807, 2.05) is 32.9 Å². The fourth-order valence-electron chi connectivity index (χ4n) is 2.73. The van der Waals surface area contributed by atoms with Crippen molar-refractivity contribution in [1.29, 1.82) is 0 Å². The lowest BCUT2D eigenvalue weighted by atomic mass is 10.0. The highest BCUT2D eigenvalue weighted by Gasteiger charge is 2.32. The number of carboxylic acid groups (broad SMARTS) is 1. The molecular formula is C21H24N2O4.